The molecule has 3 rings (SSSR count). The molecule has 0 aromatic heterocycles. The van der Waals surface area contributed by atoms with Gasteiger partial charge in [-0.2, -0.15) is 0 Å². The zero-order valence-electron chi connectivity index (χ0n) is 13.7. The van der Waals surface area contributed by atoms with Gasteiger partial charge in [0.15, 0.2) is 0 Å². The molecule has 0 radical (unpaired) electrons. The Kier molecular flexibility index (Phi) is 5.04. The minimum atomic E-state index is -0.312. The third-order valence-electron chi connectivity index (χ3n) is 4.58. The monoisotopic (exact) mass is 289 g/mol. The van der Waals surface area contributed by atoms with Crippen LogP contribution in [0.1, 0.15) is 55.5 Å². The summed E-state index contributed by atoms with van der Waals surface area (Å²) in [6.45, 7) is 4.00. The summed E-state index contributed by atoms with van der Waals surface area (Å²) in [7, 11) is 4.18. The molecular formula is C18H27NO2. The normalized spacial score (nSPS) is 27.7. The molecule has 1 fully saturated rings. The molecule has 3 nitrogen and oxygen atoms in total. The van der Waals surface area contributed by atoms with E-state index in [1.54, 1.807) is 0 Å². The second-order valence-corrected chi connectivity index (χ2v) is 6.01. The molecule has 1 aromatic rings. The Morgan fingerprint density at radius 3 is 2.62 bits per heavy atom. The molecule has 0 bridgehead atoms. The second-order valence-electron chi connectivity index (χ2n) is 6.01. The topological polar surface area (TPSA) is 29.5 Å². The number of nitrogens with zero attached hydrogens (tertiary/aromatic N) is 1. The van der Waals surface area contributed by atoms with Crippen LogP contribution < -0.4 is 0 Å². The summed E-state index contributed by atoms with van der Waals surface area (Å²) in [5.74, 6) is -0.143. The highest BCUT2D eigenvalue weighted by molar-refractivity contribution is 5.92. The van der Waals surface area contributed by atoms with Crippen LogP contribution >= 0.6 is 0 Å². The van der Waals surface area contributed by atoms with Crippen LogP contribution in [0.25, 0.3) is 0 Å². The summed E-state index contributed by atoms with van der Waals surface area (Å²) in [5, 5.41) is 0. The maximum absolute atomic E-state index is 12.3. The summed E-state index contributed by atoms with van der Waals surface area (Å²) >= 11 is 0. The molecular weight excluding hydrogens is 262 g/mol. The number of carbonyl (C=O) groups excluding carboxylic acids is 1. The van der Waals surface area contributed by atoms with E-state index < -0.39 is 0 Å². The van der Waals surface area contributed by atoms with Gasteiger partial charge in [-0.15, -0.1) is 0 Å². The lowest BCUT2D eigenvalue weighted by molar-refractivity contribution is -0.0846. The minimum Gasteiger partial charge on any atom is -0.453 e. The third-order valence-corrected chi connectivity index (χ3v) is 4.58. The number of fused-ring (bicyclic) bond motifs is 1. The van der Waals surface area contributed by atoms with Crippen LogP contribution in [0.4, 0.5) is 0 Å². The van der Waals surface area contributed by atoms with Crippen LogP contribution in [0.3, 0.4) is 0 Å². The number of carbonyl (C=O) groups is 1. The smallest absolute Gasteiger partial charge is 0.339 e. The number of hydrogen-bond acceptors (Lipinski definition) is 3. The van der Waals surface area contributed by atoms with Gasteiger partial charge in [0.2, 0.25) is 0 Å². The summed E-state index contributed by atoms with van der Waals surface area (Å²) in [4.78, 5) is 14.5. The van der Waals surface area contributed by atoms with Crippen molar-refractivity contribution in [1.29, 1.82) is 0 Å². The van der Waals surface area contributed by atoms with Gasteiger partial charge in [-0.3, -0.25) is 0 Å². The van der Waals surface area contributed by atoms with Crippen molar-refractivity contribution in [1.82, 2.24) is 4.90 Å². The van der Waals surface area contributed by atoms with E-state index >= 15 is 0 Å². The average Bonchev–Trinajstić information content (AvgIpc) is 2.49. The fraction of sp³-hybridized carbons (Fsp3) is 0.611. The van der Waals surface area contributed by atoms with E-state index in [4.69, 9.17) is 4.74 Å². The first-order valence-electron chi connectivity index (χ1n) is 8.10. The van der Waals surface area contributed by atoms with E-state index in [-0.39, 0.29) is 11.6 Å². The Hall–Kier alpha value is -1.35. The Morgan fingerprint density at radius 1 is 1.19 bits per heavy atom. The third kappa shape index (κ3) is 2.98. The van der Waals surface area contributed by atoms with Gasteiger partial charge >= 0.3 is 5.97 Å². The molecule has 2 unspecified atom stereocenters. The first-order valence-corrected chi connectivity index (χ1v) is 8.10. The van der Waals surface area contributed by atoms with Crippen molar-refractivity contribution in [3.63, 3.8) is 0 Å². The first-order chi connectivity index (χ1) is 10.1. The van der Waals surface area contributed by atoms with E-state index in [9.17, 15) is 4.79 Å². The van der Waals surface area contributed by atoms with E-state index in [2.05, 4.69) is 25.1 Å². The van der Waals surface area contributed by atoms with Crippen molar-refractivity contribution in [3.05, 3.63) is 35.4 Å². The van der Waals surface area contributed by atoms with Crippen LogP contribution in [0.2, 0.25) is 0 Å². The quantitative estimate of drug-likeness (QED) is 0.739. The molecule has 1 saturated carbocycles. The molecule has 1 aliphatic heterocycles. The maximum Gasteiger partial charge on any atom is 0.339 e. The van der Waals surface area contributed by atoms with Crippen molar-refractivity contribution >= 4 is 5.97 Å². The molecule has 1 aliphatic carbocycles. The molecule has 0 N–H and O–H groups in total. The van der Waals surface area contributed by atoms with E-state index in [0.29, 0.717) is 6.04 Å². The van der Waals surface area contributed by atoms with Crippen LogP contribution in [-0.2, 0) is 11.2 Å². The maximum atomic E-state index is 12.3. The van der Waals surface area contributed by atoms with Crippen molar-refractivity contribution in [2.45, 2.75) is 57.6 Å². The van der Waals surface area contributed by atoms with Crippen LogP contribution in [0.5, 0.6) is 0 Å². The lowest BCUT2D eigenvalue weighted by Gasteiger charge is -2.48. The Labute approximate surface area is 128 Å². The molecule has 1 spiro atoms. The number of rotatable bonds is 1. The fourth-order valence-electron chi connectivity index (χ4n) is 3.72. The molecule has 3 heteroatoms. The number of hydrogen-bond donors (Lipinski definition) is 0. The first kappa shape index (κ1) is 16.0. The molecule has 21 heavy (non-hydrogen) atoms. The zero-order valence-corrected chi connectivity index (χ0v) is 13.7. The minimum absolute atomic E-state index is 0.143. The summed E-state index contributed by atoms with van der Waals surface area (Å²) in [6.07, 6.45) is 5.33. The van der Waals surface area contributed by atoms with Crippen LogP contribution in [0.15, 0.2) is 24.3 Å². The highest BCUT2D eigenvalue weighted by atomic mass is 16.6. The highest BCUT2D eigenvalue weighted by Gasteiger charge is 2.48. The molecule has 2 atom stereocenters. The zero-order chi connectivity index (χ0) is 15.5. The van der Waals surface area contributed by atoms with Gasteiger partial charge in [0.05, 0.1) is 5.56 Å². The molecule has 2 aliphatic rings. The van der Waals surface area contributed by atoms with Crippen molar-refractivity contribution in [3.8, 4) is 0 Å². The second kappa shape index (κ2) is 6.61. The van der Waals surface area contributed by atoms with Gasteiger partial charge in [-0.1, -0.05) is 38.5 Å². The molecule has 0 amide bonds. The van der Waals surface area contributed by atoms with Gasteiger partial charge in [0.1, 0.15) is 5.60 Å². The standard InChI is InChI=1S/C16H21NO2.C2H6/c1-17(2)14-9-5-6-10-16(14)11-12-7-3-4-8-13(12)15(18)19-16;1-2/h3-4,7-8,14H,5-6,9-11H2,1-2H3;1-2H3. The van der Waals surface area contributed by atoms with Gasteiger partial charge in [-0.25, -0.2) is 4.79 Å². The van der Waals surface area contributed by atoms with Gasteiger partial charge < -0.3 is 9.64 Å². The highest BCUT2D eigenvalue weighted by Crippen LogP contribution is 2.41. The Balaban J connectivity index is 0.000000774. The van der Waals surface area contributed by atoms with Crippen molar-refractivity contribution < 1.29 is 9.53 Å². The number of likely N-dealkylation sites (N-methyl/N-ethyl adjacent to an activating group) is 1. The fourth-order valence-corrected chi connectivity index (χ4v) is 3.72. The number of esters is 1. The van der Waals surface area contributed by atoms with E-state index in [1.807, 2.05) is 32.0 Å². The van der Waals surface area contributed by atoms with E-state index in [1.165, 1.54) is 6.42 Å². The predicted octanol–water partition coefficient (Wildman–Crippen LogP) is 3.67. The molecule has 1 heterocycles. The van der Waals surface area contributed by atoms with Gasteiger partial charge in [0, 0.05) is 12.5 Å². The van der Waals surface area contributed by atoms with E-state index in [0.717, 1.165) is 36.8 Å². The summed E-state index contributed by atoms with van der Waals surface area (Å²) in [5.41, 5.74) is 1.58. The lowest BCUT2D eigenvalue weighted by atomic mass is 9.74. The number of ether oxygens (including phenoxy) is 1. The van der Waals surface area contributed by atoms with Crippen LogP contribution in [0, 0.1) is 0 Å². The summed E-state index contributed by atoms with van der Waals surface area (Å²) in [6, 6.07) is 8.19. The molecule has 1 aromatic carbocycles. The van der Waals surface area contributed by atoms with Gasteiger partial charge in [0.25, 0.3) is 0 Å². The Morgan fingerprint density at radius 2 is 1.90 bits per heavy atom. The van der Waals surface area contributed by atoms with Gasteiger partial charge in [-0.05, 0) is 45.0 Å². The van der Waals surface area contributed by atoms with Crippen molar-refractivity contribution in [2.75, 3.05) is 14.1 Å². The number of benzene rings is 1. The summed E-state index contributed by atoms with van der Waals surface area (Å²) < 4.78 is 5.93. The molecule has 116 valence electrons. The predicted molar refractivity (Wildman–Crippen MR) is 85.6 cm³/mol. The average molecular weight is 289 g/mol. The SMILES string of the molecule is CC.CN(C)C1CCCCC12Cc1ccccc1C(=O)O2. The largest absolute Gasteiger partial charge is 0.453 e. The molecule has 0 saturated heterocycles. The van der Waals surface area contributed by atoms with Crippen molar-refractivity contribution in [2.24, 2.45) is 0 Å². The Bertz CT molecular complexity index is 498. The lowest BCUT2D eigenvalue weighted by Crippen LogP contribution is -2.57. The van der Waals surface area contributed by atoms with Crippen LogP contribution in [-0.4, -0.2) is 36.6 Å².